The third kappa shape index (κ3) is 4.05. The van der Waals surface area contributed by atoms with E-state index in [0.717, 1.165) is 10.8 Å². The topological polar surface area (TPSA) is 105 Å². The number of imidazole rings is 1. The summed E-state index contributed by atoms with van der Waals surface area (Å²) in [6, 6.07) is 1.69. The Morgan fingerprint density at radius 1 is 1.28 bits per heavy atom. The molecule has 0 aliphatic heterocycles. The molecule has 2 rings (SSSR count). The van der Waals surface area contributed by atoms with Crippen LogP contribution in [0, 0.1) is 13.8 Å². The van der Waals surface area contributed by atoms with Gasteiger partial charge in [0.25, 0.3) is 0 Å². The van der Waals surface area contributed by atoms with Crippen LogP contribution in [0.3, 0.4) is 0 Å². The fraction of sp³-hybridized carbons (Fsp3) is 0.429. The van der Waals surface area contributed by atoms with E-state index < -0.39 is 29.9 Å². The Balaban J connectivity index is 2.14. The van der Waals surface area contributed by atoms with Gasteiger partial charge in [-0.05, 0) is 19.9 Å². The van der Waals surface area contributed by atoms with Crippen LogP contribution < -0.4 is 10.9 Å². The van der Waals surface area contributed by atoms with Crippen molar-refractivity contribution in [2.24, 2.45) is 7.05 Å². The summed E-state index contributed by atoms with van der Waals surface area (Å²) in [5, 5.41) is 10.1. The lowest BCUT2D eigenvalue weighted by Crippen LogP contribution is -2.48. The Morgan fingerprint density at radius 2 is 1.88 bits per heavy atom. The standard InChI is InChI=1S/C14H17F3N6O2/c1-8-6-9(2)20-12(19-8)22-21-10(24)7-13(25,14(15,16)17)11-18-4-5-23(11)3/h4-6,25H,7H2,1-3H3,(H,21,24)(H,19,20,22). The van der Waals surface area contributed by atoms with Crippen molar-refractivity contribution in [3.05, 3.63) is 35.7 Å². The minimum absolute atomic E-state index is 0.0263. The van der Waals surface area contributed by atoms with E-state index in [4.69, 9.17) is 0 Å². The second-order valence-corrected chi connectivity index (χ2v) is 5.54. The number of aliphatic hydroxyl groups is 1. The Kier molecular flexibility index (Phi) is 4.97. The molecule has 136 valence electrons. The van der Waals surface area contributed by atoms with E-state index in [1.165, 1.54) is 13.2 Å². The highest BCUT2D eigenvalue weighted by atomic mass is 19.4. The number of anilines is 1. The molecule has 2 aromatic heterocycles. The van der Waals surface area contributed by atoms with E-state index in [1.54, 1.807) is 19.9 Å². The van der Waals surface area contributed by atoms with Gasteiger partial charge in [-0.1, -0.05) is 0 Å². The molecule has 0 fully saturated rings. The summed E-state index contributed by atoms with van der Waals surface area (Å²) in [7, 11) is 1.29. The predicted molar refractivity (Wildman–Crippen MR) is 81.0 cm³/mol. The number of hydrogen-bond donors (Lipinski definition) is 3. The molecule has 11 heteroatoms. The third-order valence-electron chi connectivity index (χ3n) is 3.37. The number of nitrogens with one attached hydrogen (secondary N) is 2. The molecule has 0 bridgehead atoms. The number of alkyl halides is 3. The highest BCUT2D eigenvalue weighted by Gasteiger charge is 2.58. The van der Waals surface area contributed by atoms with E-state index in [9.17, 15) is 23.1 Å². The molecule has 0 radical (unpaired) electrons. The van der Waals surface area contributed by atoms with Crippen LogP contribution in [-0.2, 0) is 17.4 Å². The van der Waals surface area contributed by atoms with Crippen LogP contribution in [0.25, 0.3) is 0 Å². The largest absolute Gasteiger partial charge is 0.425 e. The zero-order valence-electron chi connectivity index (χ0n) is 13.7. The highest BCUT2D eigenvalue weighted by molar-refractivity contribution is 5.78. The maximum absolute atomic E-state index is 13.3. The Bertz CT molecular complexity index is 756. The van der Waals surface area contributed by atoms with Crippen LogP contribution in [0.15, 0.2) is 18.5 Å². The molecule has 2 heterocycles. The molecule has 0 aliphatic rings. The summed E-state index contributed by atoms with van der Waals surface area (Å²) in [4.78, 5) is 23.4. The minimum atomic E-state index is -5.10. The first-order valence-electron chi connectivity index (χ1n) is 7.17. The third-order valence-corrected chi connectivity index (χ3v) is 3.37. The smallest absolute Gasteiger partial charge is 0.374 e. The van der Waals surface area contributed by atoms with Gasteiger partial charge in [0.05, 0.1) is 6.42 Å². The molecule has 0 aliphatic carbocycles. The lowest BCUT2D eigenvalue weighted by atomic mass is 9.97. The number of hydrogen-bond acceptors (Lipinski definition) is 6. The molecule has 0 saturated heterocycles. The van der Waals surface area contributed by atoms with Crippen molar-refractivity contribution in [1.29, 1.82) is 0 Å². The van der Waals surface area contributed by atoms with Crippen molar-refractivity contribution >= 4 is 11.9 Å². The number of rotatable bonds is 5. The van der Waals surface area contributed by atoms with Crippen LogP contribution in [-0.4, -0.2) is 36.7 Å². The monoisotopic (exact) mass is 358 g/mol. The van der Waals surface area contributed by atoms with Gasteiger partial charge in [0.15, 0.2) is 5.82 Å². The number of amides is 1. The van der Waals surface area contributed by atoms with Crippen molar-refractivity contribution in [2.45, 2.75) is 32.0 Å². The van der Waals surface area contributed by atoms with Gasteiger partial charge in [-0.2, -0.15) is 13.2 Å². The van der Waals surface area contributed by atoms with E-state index in [2.05, 4.69) is 25.8 Å². The van der Waals surface area contributed by atoms with Gasteiger partial charge in [-0.15, -0.1) is 0 Å². The summed E-state index contributed by atoms with van der Waals surface area (Å²) in [5.41, 5.74) is 2.18. The van der Waals surface area contributed by atoms with E-state index in [1.807, 2.05) is 0 Å². The molecule has 1 atom stereocenters. The van der Waals surface area contributed by atoms with E-state index >= 15 is 0 Å². The van der Waals surface area contributed by atoms with Gasteiger partial charge in [-0.25, -0.2) is 15.0 Å². The highest BCUT2D eigenvalue weighted by Crippen LogP contribution is 2.40. The van der Waals surface area contributed by atoms with Crippen LogP contribution in [0.2, 0.25) is 0 Å². The number of hydrazine groups is 1. The van der Waals surface area contributed by atoms with Crippen LogP contribution in [0.1, 0.15) is 23.6 Å². The fourth-order valence-corrected chi connectivity index (χ4v) is 2.25. The average molecular weight is 358 g/mol. The second-order valence-electron chi connectivity index (χ2n) is 5.54. The van der Waals surface area contributed by atoms with Gasteiger partial charge in [-0.3, -0.25) is 15.6 Å². The molecule has 0 spiro atoms. The number of halogens is 3. The summed E-state index contributed by atoms with van der Waals surface area (Å²) < 4.78 is 41.0. The Labute approximate surface area is 141 Å². The summed E-state index contributed by atoms with van der Waals surface area (Å²) in [6.07, 6.45) is -4.03. The maximum Gasteiger partial charge on any atom is 0.425 e. The molecule has 1 amide bonds. The lowest BCUT2D eigenvalue weighted by molar-refractivity contribution is -0.271. The summed E-state index contributed by atoms with van der Waals surface area (Å²) >= 11 is 0. The Morgan fingerprint density at radius 3 is 2.36 bits per heavy atom. The molecule has 1 unspecified atom stereocenters. The van der Waals surface area contributed by atoms with Crippen molar-refractivity contribution in [3.63, 3.8) is 0 Å². The number of nitrogens with zero attached hydrogens (tertiary/aromatic N) is 4. The molecule has 0 aromatic carbocycles. The zero-order chi connectivity index (χ0) is 18.8. The van der Waals surface area contributed by atoms with Crippen molar-refractivity contribution in [1.82, 2.24) is 24.9 Å². The molecule has 3 N–H and O–H groups in total. The van der Waals surface area contributed by atoms with Crippen LogP contribution in [0.4, 0.5) is 19.1 Å². The quantitative estimate of drug-likeness (QED) is 0.692. The zero-order valence-corrected chi connectivity index (χ0v) is 13.7. The number of aryl methyl sites for hydroxylation is 3. The first-order valence-corrected chi connectivity index (χ1v) is 7.17. The van der Waals surface area contributed by atoms with E-state index in [0.29, 0.717) is 11.4 Å². The predicted octanol–water partition coefficient (Wildman–Crippen LogP) is 1.11. The first-order chi connectivity index (χ1) is 11.5. The second kappa shape index (κ2) is 6.67. The lowest BCUT2D eigenvalue weighted by Gasteiger charge is -2.29. The van der Waals surface area contributed by atoms with Crippen molar-refractivity contribution < 1.29 is 23.1 Å². The van der Waals surface area contributed by atoms with E-state index in [-0.39, 0.29) is 5.95 Å². The Hall–Kier alpha value is -2.69. The molecular formula is C14H17F3N6O2. The maximum atomic E-state index is 13.3. The molecule has 0 saturated carbocycles. The minimum Gasteiger partial charge on any atom is -0.374 e. The van der Waals surface area contributed by atoms with Gasteiger partial charge in [0.2, 0.25) is 17.5 Å². The van der Waals surface area contributed by atoms with Crippen LogP contribution in [0.5, 0.6) is 0 Å². The number of carbonyl (C=O) groups excluding carboxylic acids is 1. The van der Waals surface area contributed by atoms with Crippen LogP contribution >= 0.6 is 0 Å². The SMILES string of the molecule is Cc1cc(C)nc(NNC(=O)CC(O)(c2nccn2C)C(F)(F)F)n1. The molecule has 25 heavy (non-hydrogen) atoms. The fourth-order valence-electron chi connectivity index (χ4n) is 2.25. The van der Waals surface area contributed by atoms with Gasteiger partial charge >= 0.3 is 6.18 Å². The van der Waals surface area contributed by atoms with Gasteiger partial charge in [0.1, 0.15) is 0 Å². The summed E-state index contributed by atoms with van der Waals surface area (Å²) in [6.45, 7) is 3.40. The van der Waals surface area contributed by atoms with Crippen molar-refractivity contribution in [3.8, 4) is 0 Å². The summed E-state index contributed by atoms with van der Waals surface area (Å²) in [5.74, 6) is -1.76. The first kappa shape index (κ1) is 18.6. The molecule has 2 aromatic rings. The number of aromatic nitrogens is 4. The van der Waals surface area contributed by atoms with Crippen molar-refractivity contribution in [2.75, 3.05) is 5.43 Å². The van der Waals surface area contributed by atoms with Gasteiger partial charge < -0.3 is 9.67 Å². The number of carbonyl (C=O) groups is 1. The molecular weight excluding hydrogens is 341 g/mol. The normalized spacial score (nSPS) is 14.0. The van der Waals surface area contributed by atoms with Gasteiger partial charge in [0, 0.05) is 30.8 Å². The average Bonchev–Trinajstić information content (AvgIpc) is 2.89. The molecule has 8 nitrogen and oxygen atoms in total.